The van der Waals surface area contributed by atoms with E-state index in [4.69, 9.17) is 0 Å². The van der Waals surface area contributed by atoms with E-state index in [0.717, 1.165) is 11.4 Å². The number of carbonyl (C=O) groups excluding carboxylic acids is 1. The van der Waals surface area contributed by atoms with Gasteiger partial charge in [0, 0.05) is 12.6 Å². The van der Waals surface area contributed by atoms with Crippen LogP contribution in [-0.2, 0) is 11.3 Å². The molecule has 0 aliphatic carbocycles. The van der Waals surface area contributed by atoms with Gasteiger partial charge in [-0.25, -0.2) is 4.98 Å². The van der Waals surface area contributed by atoms with Crippen LogP contribution in [0.4, 0.5) is 11.5 Å². The number of amides is 1. The Kier molecular flexibility index (Phi) is 4.44. The summed E-state index contributed by atoms with van der Waals surface area (Å²) in [6, 6.07) is 9.44. The molecule has 0 atom stereocenters. The minimum absolute atomic E-state index is 0.0401. The molecule has 98 valence electrons. The second-order valence-corrected chi connectivity index (χ2v) is 4.01. The monoisotopic (exact) mass is 256 g/mol. The second kappa shape index (κ2) is 6.49. The molecule has 0 fully saturated rings. The summed E-state index contributed by atoms with van der Waals surface area (Å²) in [6.07, 6.45) is 3.90. The van der Waals surface area contributed by atoms with Gasteiger partial charge in [0.25, 0.3) is 0 Å². The van der Waals surface area contributed by atoms with Crippen LogP contribution in [0.2, 0.25) is 0 Å². The summed E-state index contributed by atoms with van der Waals surface area (Å²) >= 11 is 0. The van der Waals surface area contributed by atoms with Gasteiger partial charge in [0.2, 0.25) is 5.91 Å². The quantitative estimate of drug-likeness (QED) is 0.862. The Morgan fingerprint density at radius 3 is 2.74 bits per heavy atom. The normalized spacial score (nSPS) is 9.95. The number of pyridine rings is 2. The van der Waals surface area contributed by atoms with Crippen molar-refractivity contribution in [3.63, 3.8) is 0 Å². The van der Waals surface area contributed by atoms with Crippen molar-refractivity contribution >= 4 is 17.4 Å². The topological polar surface area (TPSA) is 66.9 Å². The van der Waals surface area contributed by atoms with Crippen LogP contribution in [0.5, 0.6) is 0 Å². The maximum atomic E-state index is 11.2. The van der Waals surface area contributed by atoms with Crippen LogP contribution in [-0.4, -0.2) is 15.9 Å². The number of carbonyl (C=O) groups is 1. The van der Waals surface area contributed by atoms with E-state index >= 15 is 0 Å². The first-order chi connectivity index (χ1) is 9.28. The lowest BCUT2D eigenvalue weighted by molar-refractivity contribution is -0.115. The highest BCUT2D eigenvalue weighted by Crippen LogP contribution is 2.10. The SMILES string of the molecule is CCC(=O)Nc1ccc(NCc2ccccn2)cn1. The molecule has 5 nitrogen and oxygen atoms in total. The van der Waals surface area contributed by atoms with Crippen molar-refractivity contribution in [1.29, 1.82) is 0 Å². The van der Waals surface area contributed by atoms with Gasteiger partial charge in [-0.05, 0) is 24.3 Å². The van der Waals surface area contributed by atoms with E-state index in [9.17, 15) is 4.79 Å². The molecule has 0 spiro atoms. The maximum Gasteiger partial charge on any atom is 0.225 e. The Labute approximate surface area is 112 Å². The average Bonchev–Trinajstić information content (AvgIpc) is 2.47. The number of rotatable bonds is 5. The molecule has 0 bridgehead atoms. The summed E-state index contributed by atoms with van der Waals surface area (Å²) < 4.78 is 0. The van der Waals surface area contributed by atoms with Crippen LogP contribution in [0.1, 0.15) is 19.0 Å². The van der Waals surface area contributed by atoms with Gasteiger partial charge in [-0.2, -0.15) is 0 Å². The molecule has 2 rings (SSSR count). The Hall–Kier alpha value is -2.43. The fraction of sp³-hybridized carbons (Fsp3) is 0.214. The molecular weight excluding hydrogens is 240 g/mol. The minimum Gasteiger partial charge on any atom is -0.378 e. The van der Waals surface area contributed by atoms with E-state index in [1.165, 1.54) is 0 Å². The van der Waals surface area contributed by atoms with Gasteiger partial charge in [0.1, 0.15) is 5.82 Å². The van der Waals surface area contributed by atoms with E-state index in [2.05, 4.69) is 20.6 Å². The molecule has 0 radical (unpaired) electrons. The van der Waals surface area contributed by atoms with Gasteiger partial charge in [-0.15, -0.1) is 0 Å². The smallest absolute Gasteiger partial charge is 0.225 e. The second-order valence-electron chi connectivity index (χ2n) is 4.01. The molecule has 19 heavy (non-hydrogen) atoms. The molecule has 5 heteroatoms. The van der Waals surface area contributed by atoms with E-state index < -0.39 is 0 Å². The zero-order valence-corrected chi connectivity index (χ0v) is 10.8. The van der Waals surface area contributed by atoms with Crippen LogP contribution >= 0.6 is 0 Å². The summed E-state index contributed by atoms with van der Waals surface area (Å²) in [7, 11) is 0. The van der Waals surface area contributed by atoms with Crippen molar-refractivity contribution in [3.8, 4) is 0 Å². The summed E-state index contributed by atoms with van der Waals surface area (Å²) in [6.45, 7) is 2.45. The summed E-state index contributed by atoms with van der Waals surface area (Å²) in [5.41, 5.74) is 1.85. The zero-order valence-electron chi connectivity index (χ0n) is 10.8. The lowest BCUT2D eigenvalue weighted by Crippen LogP contribution is -2.10. The standard InChI is InChI=1S/C14H16N4O/c1-2-14(19)18-13-7-6-12(10-17-13)16-9-11-5-3-4-8-15-11/h3-8,10,16H,2,9H2,1H3,(H,17,18,19). The molecule has 0 aliphatic heterocycles. The predicted molar refractivity (Wildman–Crippen MR) is 74.7 cm³/mol. The van der Waals surface area contributed by atoms with Crippen LogP contribution in [0, 0.1) is 0 Å². The fourth-order valence-electron chi connectivity index (χ4n) is 1.50. The van der Waals surface area contributed by atoms with E-state index in [1.54, 1.807) is 25.4 Å². The molecule has 0 aliphatic rings. The molecule has 0 aromatic carbocycles. The Morgan fingerprint density at radius 1 is 1.21 bits per heavy atom. The fourth-order valence-corrected chi connectivity index (χ4v) is 1.50. The van der Waals surface area contributed by atoms with Crippen LogP contribution < -0.4 is 10.6 Å². The third kappa shape index (κ3) is 4.06. The lowest BCUT2D eigenvalue weighted by Gasteiger charge is -2.07. The van der Waals surface area contributed by atoms with Crippen LogP contribution in [0.15, 0.2) is 42.7 Å². The number of nitrogens with one attached hydrogen (secondary N) is 2. The summed E-state index contributed by atoms with van der Waals surface area (Å²) in [5.74, 6) is 0.525. The third-order valence-electron chi connectivity index (χ3n) is 2.55. The molecule has 0 saturated carbocycles. The number of anilines is 2. The molecule has 0 unspecified atom stereocenters. The first-order valence-electron chi connectivity index (χ1n) is 6.17. The lowest BCUT2D eigenvalue weighted by atomic mass is 10.3. The minimum atomic E-state index is -0.0401. The largest absolute Gasteiger partial charge is 0.378 e. The van der Waals surface area contributed by atoms with Crippen molar-refractivity contribution in [3.05, 3.63) is 48.4 Å². The zero-order chi connectivity index (χ0) is 13.5. The summed E-state index contributed by atoms with van der Waals surface area (Å²) in [4.78, 5) is 19.6. The highest BCUT2D eigenvalue weighted by Gasteiger charge is 2.00. The molecule has 2 N–H and O–H groups in total. The average molecular weight is 256 g/mol. The van der Waals surface area contributed by atoms with E-state index in [-0.39, 0.29) is 5.91 Å². The Bertz CT molecular complexity index is 525. The maximum absolute atomic E-state index is 11.2. The van der Waals surface area contributed by atoms with Gasteiger partial charge in [0.15, 0.2) is 0 Å². The van der Waals surface area contributed by atoms with E-state index in [1.807, 2.05) is 24.3 Å². The molecule has 1 amide bonds. The first-order valence-corrected chi connectivity index (χ1v) is 6.17. The molecule has 0 saturated heterocycles. The Balaban J connectivity index is 1.90. The summed E-state index contributed by atoms with van der Waals surface area (Å²) in [5, 5.41) is 5.92. The number of hydrogen-bond acceptors (Lipinski definition) is 4. The highest BCUT2D eigenvalue weighted by molar-refractivity contribution is 5.89. The van der Waals surface area contributed by atoms with Gasteiger partial charge in [-0.1, -0.05) is 13.0 Å². The molecule has 2 heterocycles. The van der Waals surface area contributed by atoms with Crippen molar-refractivity contribution in [2.24, 2.45) is 0 Å². The number of hydrogen-bond donors (Lipinski definition) is 2. The van der Waals surface area contributed by atoms with Crippen molar-refractivity contribution < 1.29 is 4.79 Å². The van der Waals surface area contributed by atoms with Gasteiger partial charge in [-0.3, -0.25) is 9.78 Å². The van der Waals surface area contributed by atoms with Gasteiger partial charge < -0.3 is 10.6 Å². The van der Waals surface area contributed by atoms with Crippen molar-refractivity contribution in [1.82, 2.24) is 9.97 Å². The highest BCUT2D eigenvalue weighted by atomic mass is 16.1. The molecule has 2 aromatic rings. The molecular formula is C14H16N4O. The number of nitrogens with zero attached hydrogens (tertiary/aromatic N) is 2. The Morgan fingerprint density at radius 2 is 2.11 bits per heavy atom. The van der Waals surface area contributed by atoms with Gasteiger partial charge >= 0.3 is 0 Å². The molecule has 2 aromatic heterocycles. The van der Waals surface area contributed by atoms with Crippen LogP contribution in [0.25, 0.3) is 0 Å². The van der Waals surface area contributed by atoms with Crippen molar-refractivity contribution in [2.45, 2.75) is 19.9 Å². The van der Waals surface area contributed by atoms with Crippen LogP contribution in [0.3, 0.4) is 0 Å². The first kappa shape index (κ1) is 13.0. The van der Waals surface area contributed by atoms with E-state index in [0.29, 0.717) is 18.8 Å². The third-order valence-corrected chi connectivity index (χ3v) is 2.55. The number of aromatic nitrogens is 2. The van der Waals surface area contributed by atoms with Crippen molar-refractivity contribution in [2.75, 3.05) is 10.6 Å². The van der Waals surface area contributed by atoms with Gasteiger partial charge in [0.05, 0.1) is 24.1 Å². The predicted octanol–water partition coefficient (Wildman–Crippen LogP) is 2.44.